The van der Waals surface area contributed by atoms with Gasteiger partial charge in [-0.1, -0.05) is 41.9 Å². The van der Waals surface area contributed by atoms with Crippen molar-refractivity contribution in [1.82, 2.24) is 15.5 Å². The maximum absolute atomic E-state index is 10.5. The van der Waals surface area contributed by atoms with Crippen molar-refractivity contribution in [1.29, 1.82) is 0 Å². The Morgan fingerprint density at radius 1 is 1.19 bits per heavy atom. The van der Waals surface area contributed by atoms with E-state index in [0.29, 0.717) is 12.6 Å². The van der Waals surface area contributed by atoms with Gasteiger partial charge in [0.15, 0.2) is 5.96 Å². The number of likely N-dealkylation sites (tertiary alicyclic amines) is 1. The summed E-state index contributed by atoms with van der Waals surface area (Å²) in [7, 11) is 0. The molecule has 0 bridgehead atoms. The van der Waals surface area contributed by atoms with E-state index in [9.17, 15) is 5.11 Å². The smallest absolute Gasteiger partial charge is 0.191 e. The maximum Gasteiger partial charge on any atom is 0.191 e. The van der Waals surface area contributed by atoms with Crippen LogP contribution in [0.15, 0.2) is 33.7 Å². The van der Waals surface area contributed by atoms with Crippen LogP contribution in [0.25, 0.3) is 0 Å². The van der Waals surface area contributed by atoms with Crippen molar-refractivity contribution in [2.75, 3.05) is 26.2 Å². The molecule has 0 atom stereocenters. The number of nitrogens with zero attached hydrogens (tertiary/aromatic N) is 2. The summed E-state index contributed by atoms with van der Waals surface area (Å²) < 4.78 is 1.13. The van der Waals surface area contributed by atoms with Crippen LogP contribution in [-0.2, 0) is 6.54 Å². The van der Waals surface area contributed by atoms with Gasteiger partial charge < -0.3 is 15.7 Å². The summed E-state index contributed by atoms with van der Waals surface area (Å²) >= 11 is 3.49. The average Bonchev–Trinajstić information content (AvgIpc) is 2.69. The number of hydrogen-bond donors (Lipinski definition) is 3. The van der Waals surface area contributed by atoms with Crippen molar-refractivity contribution >= 4 is 21.9 Å². The van der Waals surface area contributed by atoms with Gasteiger partial charge >= 0.3 is 0 Å². The lowest BCUT2D eigenvalue weighted by molar-refractivity contribution is 0.0417. The molecule has 1 aromatic carbocycles. The predicted octanol–water partition coefficient (Wildman–Crippen LogP) is 3.52. The van der Waals surface area contributed by atoms with E-state index in [1.165, 1.54) is 5.56 Å². The van der Waals surface area contributed by atoms with Gasteiger partial charge in [-0.05, 0) is 50.3 Å². The van der Waals surface area contributed by atoms with Crippen LogP contribution in [0, 0.1) is 0 Å². The normalized spacial score (nSPS) is 17.1. The fraction of sp³-hybridized carbons (Fsp3) is 0.667. The highest BCUT2D eigenvalue weighted by atomic mass is 79.9. The Labute approximate surface area is 172 Å². The number of nitrogens with one attached hydrogen (secondary N) is 2. The zero-order valence-corrected chi connectivity index (χ0v) is 18.6. The van der Waals surface area contributed by atoms with Crippen LogP contribution in [0.2, 0.25) is 0 Å². The Bertz CT molecular complexity index is 578. The standard InChI is InChI=1S/C21H35BrN4O/c1-4-21(27,5-2)16-24-20(23-6-3)25-19-11-13-26(14-12-19)15-17-7-9-18(22)10-8-17/h7-10,19,27H,4-6,11-16H2,1-3H3,(H2,23,24,25). The van der Waals surface area contributed by atoms with Crippen molar-refractivity contribution in [3.63, 3.8) is 0 Å². The molecule has 27 heavy (non-hydrogen) atoms. The number of rotatable bonds is 8. The van der Waals surface area contributed by atoms with E-state index in [1.807, 2.05) is 13.8 Å². The number of halogens is 1. The van der Waals surface area contributed by atoms with Crippen LogP contribution in [0.4, 0.5) is 0 Å². The molecule has 0 unspecified atom stereocenters. The molecule has 0 radical (unpaired) electrons. The molecule has 2 rings (SSSR count). The highest BCUT2D eigenvalue weighted by Gasteiger charge is 2.23. The summed E-state index contributed by atoms with van der Waals surface area (Å²) in [6, 6.07) is 9.02. The van der Waals surface area contributed by atoms with E-state index in [0.717, 1.165) is 62.3 Å². The Kier molecular flexibility index (Phi) is 9.06. The lowest BCUT2D eigenvalue weighted by atomic mass is 9.98. The minimum Gasteiger partial charge on any atom is -0.388 e. The zero-order valence-electron chi connectivity index (χ0n) is 17.0. The highest BCUT2D eigenvalue weighted by Crippen LogP contribution is 2.17. The Balaban J connectivity index is 1.83. The van der Waals surface area contributed by atoms with E-state index in [1.54, 1.807) is 0 Å². The van der Waals surface area contributed by atoms with Gasteiger partial charge in [-0.3, -0.25) is 9.89 Å². The van der Waals surface area contributed by atoms with Gasteiger partial charge in [0.05, 0.1) is 12.1 Å². The van der Waals surface area contributed by atoms with Crippen molar-refractivity contribution in [2.45, 2.75) is 64.6 Å². The molecule has 0 saturated carbocycles. The number of guanidine groups is 1. The van der Waals surface area contributed by atoms with Crippen LogP contribution in [0.3, 0.4) is 0 Å². The molecule has 1 aliphatic heterocycles. The number of piperidine rings is 1. The molecule has 5 nitrogen and oxygen atoms in total. The molecule has 0 aliphatic carbocycles. The number of aliphatic imine (C=N–C) groups is 1. The summed E-state index contributed by atoms with van der Waals surface area (Å²) in [5.41, 5.74) is 0.661. The molecule has 3 N–H and O–H groups in total. The summed E-state index contributed by atoms with van der Waals surface area (Å²) in [6.45, 7) is 10.5. The van der Waals surface area contributed by atoms with Crippen molar-refractivity contribution < 1.29 is 5.11 Å². The quantitative estimate of drug-likeness (QED) is 0.429. The molecule has 0 aromatic heterocycles. The maximum atomic E-state index is 10.5. The van der Waals surface area contributed by atoms with Crippen LogP contribution >= 0.6 is 15.9 Å². The lowest BCUT2D eigenvalue weighted by Gasteiger charge is -2.33. The average molecular weight is 439 g/mol. The largest absolute Gasteiger partial charge is 0.388 e. The number of benzene rings is 1. The summed E-state index contributed by atoms with van der Waals surface area (Å²) in [4.78, 5) is 7.16. The monoisotopic (exact) mass is 438 g/mol. The van der Waals surface area contributed by atoms with Crippen LogP contribution in [0.1, 0.15) is 52.0 Å². The fourth-order valence-corrected chi connectivity index (χ4v) is 3.56. The first-order valence-corrected chi connectivity index (χ1v) is 11.0. The van der Waals surface area contributed by atoms with Crippen LogP contribution in [-0.4, -0.2) is 53.8 Å². The van der Waals surface area contributed by atoms with Crippen molar-refractivity contribution in [3.05, 3.63) is 34.3 Å². The molecule has 1 heterocycles. The molecule has 0 amide bonds. The number of aliphatic hydroxyl groups is 1. The lowest BCUT2D eigenvalue weighted by Crippen LogP contribution is -2.49. The summed E-state index contributed by atoms with van der Waals surface area (Å²) in [5.74, 6) is 0.823. The molecule has 1 fully saturated rings. The molecular formula is C21H35BrN4O. The van der Waals surface area contributed by atoms with E-state index in [2.05, 4.69) is 67.6 Å². The molecule has 1 aromatic rings. The predicted molar refractivity (Wildman–Crippen MR) is 117 cm³/mol. The van der Waals surface area contributed by atoms with Gasteiger partial charge in [0.1, 0.15) is 0 Å². The van der Waals surface area contributed by atoms with Crippen molar-refractivity contribution in [2.24, 2.45) is 4.99 Å². The first kappa shape index (κ1) is 22.2. The Morgan fingerprint density at radius 2 is 1.81 bits per heavy atom. The van der Waals surface area contributed by atoms with Gasteiger partial charge in [0, 0.05) is 36.7 Å². The van der Waals surface area contributed by atoms with Crippen LogP contribution < -0.4 is 10.6 Å². The molecule has 0 spiro atoms. The van der Waals surface area contributed by atoms with E-state index in [4.69, 9.17) is 0 Å². The van der Waals surface area contributed by atoms with E-state index < -0.39 is 5.60 Å². The Hall–Kier alpha value is -1.11. The van der Waals surface area contributed by atoms with Gasteiger partial charge in [0.25, 0.3) is 0 Å². The van der Waals surface area contributed by atoms with E-state index >= 15 is 0 Å². The molecule has 6 heteroatoms. The Morgan fingerprint density at radius 3 is 2.37 bits per heavy atom. The second kappa shape index (κ2) is 11.0. The van der Waals surface area contributed by atoms with Gasteiger partial charge in [-0.15, -0.1) is 0 Å². The van der Waals surface area contributed by atoms with Gasteiger partial charge in [-0.2, -0.15) is 0 Å². The molecule has 1 aliphatic rings. The van der Waals surface area contributed by atoms with E-state index in [-0.39, 0.29) is 0 Å². The number of hydrogen-bond acceptors (Lipinski definition) is 3. The topological polar surface area (TPSA) is 59.9 Å². The minimum absolute atomic E-state index is 0.431. The second-order valence-corrected chi connectivity index (χ2v) is 8.36. The molecular weight excluding hydrogens is 404 g/mol. The van der Waals surface area contributed by atoms with Crippen molar-refractivity contribution in [3.8, 4) is 0 Å². The molecule has 152 valence electrons. The third kappa shape index (κ3) is 7.43. The van der Waals surface area contributed by atoms with Crippen LogP contribution in [0.5, 0.6) is 0 Å². The first-order valence-electron chi connectivity index (χ1n) is 10.2. The minimum atomic E-state index is -0.698. The van der Waals surface area contributed by atoms with Gasteiger partial charge in [0.2, 0.25) is 0 Å². The fourth-order valence-electron chi connectivity index (χ4n) is 3.30. The summed E-state index contributed by atoms with van der Waals surface area (Å²) in [5, 5.41) is 17.4. The molecule has 1 saturated heterocycles. The SMILES string of the molecule is CCNC(=NCC(O)(CC)CC)NC1CCN(Cc2ccc(Br)cc2)CC1. The zero-order chi connectivity index (χ0) is 19.7. The highest BCUT2D eigenvalue weighted by molar-refractivity contribution is 9.10. The second-order valence-electron chi connectivity index (χ2n) is 7.45. The first-order chi connectivity index (χ1) is 13.0. The van der Waals surface area contributed by atoms with Gasteiger partial charge in [-0.25, -0.2) is 0 Å². The summed E-state index contributed by atoms with van der Waals surface area (Å²) in [6.07, 6.45) is 3.65. The third-order valence-corrected chi connectivity index (χ3v) is 5.97. The third-order valence-electron chi connectivity index (χ3n) is 5.44.